The molecule has 0 unspecified atom stereocenters. The zero-order chi connectivity index (χ0) is 32.3. The average Bonchev–Trinajstić information content (AvgIpc) is 3.86. The van der Waals surface area contributed by atoms with Crippen molar-refractivity contribution >= 4 is 11.5 Å². The van der Waals surface area contributed by atoms with Crippen LogP contribution >= 0.6 is 0 Å². The van der Waals surface area contributed by atoms with E-state index in [0.717, 1.165) is 36.4 Å². The van der Waals surface area contributed by atoms with Crippen LogP contribution < -0.4 is 0 Å². The molecule has 6 aromatic carbocycles. The topological polar surface area (TPSA) is 24.7 Å². The number of rotatable bonds is 7. The van der Waals surface area contributed by atoms with E-state index < -0.39 is 0 Å². The predicted molar refractivity (Wildman–Crippen MR) is 200 cm³/mol. The van der Waals surface area contributed by atoms with Crippen molar-refractivity contribution in [1.82, 2.24) is 0 Å². The molecule has 2 aliphatic carbocycles. The number of benzene rings is 6. The zero-order valence-electron chi connectivity index (χ0n) is 27.5. The smallest absolute Gasteiger partial charge is 0.155 e. The van der Waals surface area contributed by atoms with Crippen LogP contribution in [0, 0.1) is 5.92 Å². The minimum atomic E-state index is -0.301. The van der Waals surface area contributed by atoms with Gasteiger partial charge in [0, 0.05) is 16.9 Å². The molecule has 3 aliphatic rings. The number of hydrogen-bond donors (Lipinski definition) is 0. The van der Waals surface area contributed by atoms with Crippen LogP contribution in [0.5, 0.6) is 0 Å². The van der Waals surface area contributed by atoms with Crippen LogP contribution in [0.25, 0.3) is 33.4 Å². The third-order valence-corrected chi connectivity index (χ3v) is 11.3. The third kappa shape index (κ3) is 4.39. The SMILES string of the molecule is CCC1(CC)c2ccccc2-c2cc(-c3cccc(-c4cccc([C@]56C[C@@H]5C(c5ccccc5)=NC(c5ccccc5)=N6)c4)c3)ccc21. The molecule has 0 radical (unpaired) electrons. The molecule has 9 rings (SSSR count). The van der Waals surface area contributed by atoms with E-state index >= 15 is 0 Å². The van der Waals surface area contributed by atoms with E-state index in [0.29, 0.717) is 0 Å². The monoisotopic (exact) mass is 618 g/mol. The Balaban J connectivity index is 1.09. The Morgan fingerprint density at radius 3 is 1.83 bits per heavy atom. The third-order valence-electron chi connectivity index (χ3n) is 11.3. The zero-order valence-corrected chi connectivity index (χ0v) is 27.5. The van der Waals surface area contributed by atoms with Gasteiger partial charge in [-0.3, -0.25) is 4.99 Å². The molecule has 0 spiro atoms. The summed E-state index contributed by atoms with van der Waals surface area (Å²) in [5, 5.41) is 0. The van der Waals surface area contributed by atoms with E-state index in [-0.39, 0.29) is 16.9 Å². The van der Waals surface area contributed by atoms with Crippen LogP contribution in [0.15, 0.2) is 162 Å². The second-order valence-corrected chi connectivity index (χ2v) is 13.6. The summed E-state index contributed by atoms with van der Waals surface area (Å²) < 4.78 is 0. The maximum absolute atomic E-state index is 5.41. The van der Waals surface area contributed by atoms with Crippen molar-refractivity contribution in [3.8, 4) is 33.4 Å². The molecule has 1 fully saturated rings. The van der Waals surface area contributed by atoms with E-state index in [1.165, 1.54) is 55.6 Å². The molecule has 0 bridgehead atoms. The lowest BCUT2D eigenvalue weighted by molar-refractivity contribution is 0.490. The fourth-order valence-corrected chi connectivity index (χ4v) is 8.58. The number of nitrogens with zero attached hydrogens (tertiary/aromatic N) is 2. The van der Waals surface area contributed by atoms with Crippen molar-refractivity contribution in [2.75, 3.05) is 0 Å². The molecule has 0 saturated heterocycles. The summed E-state index contributed by atoms with van der Waals surface area (Å²) in [5.74, 6) is 1.09. The molecule has 232 valence electrons. The first-order chi connectivity index (χ1) is 23.6. The van der Waals surface area contributed by atoms with E-state index in [4.69, 9.17) is 9.98 Å². The summed E-state index contributed by atoms with van der Waals surface area (Å²) in [5.41, 5.74) is 15.1. The normalized spacial score (nSPS) is 19.8. The number of hydrogen-bond acceptors (Lipinski definition) is 2. The van der Waals surface area contributed by atoms with Gasteiger partial charge in [0.05, 0.1) is 11.3 Å². The van der Waals surface area contributed by atoms with Crippen molar-refractivity contribution in [3.05, 3.63) is 179 Å². The molecule has 2 heteroatoms. The Morgan fingerprint density at radius 1 is 0.521 bits per heavy atom. The molecule has 0 N–H and O–H groups in total. The van der Waals surface area contributed by atoms with Crippen LogP contribution in [-0.2, 0) is 11.0 Å². The van der Waals surface area contributed by atoms with E-state index in [9.17, 15) is 0 Å². The first-order valence-electron chi connectivity index (χ1n) is 17.4. The van der Waals surface area contributed by atoms with Gasteiger partial charge in [-0.2, -0.15) is 0 Å². The van der Waals surface area contributed by atoms with Crippen molar-refractivity contribution < 1.29 is 0 Å². The van der Waals surface area contributed by atoms with Gasteiger partial charge in [-0.15, -0.1) is 0 Å². The van der Waals surface area contributed by atoms with Gasteiger partial charge in [-0.05, 0) is 93.1 Å². The molecule has 1 aliphatic heterocycles. The Hall–Kier alpha value is -5.34. The van der Waals surface area contributed by atoms with Crippen LogP contribution in [0.4, 0.5) is 0 Å². The molecule has 2 atom stereocenters. The maximum atomic E-state index is 5.41. The fraction of sp³-hybridized carbons (Fsp3) is 0.174. The van der Waals surface area contributed by atoms with E-state index in [1.54, 1.807) is 0 Å². The average molecular weight is 619 g/mol. The predicted octanol–water partition coefficient (Wildman–Crippen LogP) is 11.3. The molecule has 1 saturated carbocycles. The molecular weight excluding hydrogens is 581 g/mol. The highest BCUT2D eigenvalue weighted by Crippen LogP contribution is 2.59. The molecule has 2 nitrogen and oxygen atoms in total. The van der Waals surface area contributed by atoms with Crippen LogP contribution in [0.3, 0.4) is 0 Å². The number of fused-ring (bicyclic) bond motifs is 4. The standard InChI is InChI=1S/C46H38N2/c1-3-45(4-2)40-24-12-11-23-38(40)39-29-36(25-26-41(39)45)34-20-13-19-33(27-34)35-21-14-22-37(28-35)46-30-42(46)43(31-15-7-5-8-16-31)47-44(48-46)32-17-9-6-10-18-32/h5-29,42H,3-4,30H2,1-2H3/t42-,46-/m1/s1. The van der Waals surface area contributed by atoms with E-state index in [2.05, 4.69) is 159 Å². The van der Waals surface area contributed by atoms with Gasteiger partial charge in [-0.1, -0.05) is 147 Å². The quantitative estimate of drug-likeness (QED) is 0.170. The fourth-order valence-electron chi connectivity index (χ4n) is 8.58. The Kier molecular flexibility index (Phi) is 6.69. The molecule has 0 aromatic heterocycles. The largest absolute Gasteiger partial charge is 0.254 e. The van der Waals surface area contributed by atoms with Crippen molar-refractivity contribution in [1.29, 1.82) is 0 Å². The highest BCUT2D eigenvalue weighted by molar-refractivity contribution is 6.17. The van der Waals surface area contributed by atoms with Crippen LogP contribution in [0.1, 0.15) is 60.9 Å². The molecule has 48 heavy (non-hydrogen) atoms. The maximum Gasteiger partial charge on any atom is 0.155 e. The molecular formula is C46H38N2. The van der Waals surface area contributed by atoms with Crippen molar-refractivity contribution in [3.63, 3.8) is 0 Å². The van der Waals surface area contributed by atoms with Gasteiger partial charge in [0.15, 0.2) is 5.84 Å². The van der Waals surface area contributed by atoms with Crippen LogP contribution in [0.2, 0.25) is 0 Å². The Morgan fingerprint density at radius 2 is 1.10 bits per heavy atom. The lowest BCUT2D eigenvalue weighted by atomic mass is 9.74. The minimum absolute atomic E-state index is 0.0971. The second-order valence-electron chi connectivity index (χ2n) is 13.6. The lowest BCUT2D eigenvalue weighted by Gasteiger charge is -2.29. The Labute approximate surface area is 283 Å². The number of aliphatic imine (C=N–C) groups is 2. The highest BCUT2D eigenvalue weighted by atomic mass is 15.1. The van der Waals surface area contributed by atoms with Crippen molar-refractivity contribution in [2.24, 2.45) is 15.9 Å². The Bertz CT molecular complexity index is 2240. The van der Waals surface area contributed by atoms with Gasteiger partial charge >= 0.3 is 0 Å². The van der Waals surface area contributed by atoms with Gasteiger partial charge in [0.1, 0.15) is 0 Å². The van der Waals surface area contributed by atoms with Gasteiger partial charge in [0.25, 0.3) is 0 Å². The molecule has 6 aromatic rings. The lowest BCUT2D eigenvalue weighted by Crippen LogP contribution is -2.22. The minimum Gasteiger partial charge on any atom is -0.254 e. The summed E-state index contributed by atoms with van der Waals surface area (Å²) >= 11 is 0. The van der Waals surface area contributed by atoms with Gasteiger partial charge < -0.3 is 0 Å². The first kappa shape index (κ1) is 28.8. The second kappa shape index (κ2) is 11.1. The van der Waals surface area contributed by atoms with E-state index in [1.807, 2.05) is 6.07 Å². The summed E-state index contributed by atoms with van der Waals surface area (Å²) in [6.45, 7) is 4.67. The highest BCUT2D eigenvalue weighted by Gasteiger charge is 2.60. The summed E-state index contributed by atoms with van der Waals surface area (Å²) in [6, 6.07) is 55.4. The van der Waals surface area contributed by atoms with Gasteiger partial charge in [0.2, 0.25) is 0 Å². The van der Waals surface area contributed by atoms with Crippen LogP contribution in [-0.4, -0.2) is 11.5 Å². The number of amidine groups is 1. The summed E-state index contributed by atoms with van der Waals surface area (Å²) in [7, 11) is 0. The summed E-state index contributed by atoms with van der Waals surface area (Å²) in [4.78, 5) is 10.6. The van der Waals surface area contributed by atoms with Gasteiger partial charge in [-0.25, -0.2) is 4.99 Å². The first-order valence-corrected chi connectivity index (χ1v) is 17.4. The molecule has 0 amide bonds. The summed E-state index contributed by atoms with van der Waals surface area (Å²) in [6.07, 6.45) is 3.18. The molecule has 1 heterocycles. The van der Waals surface area contributed by atoms with Crippen molar-refractivity contribution in [2.45, 2.75) is 44.1 Å².